The lowest BCUT2D eigenvalue weighted by Gasteiger charge is -2.12. The Bertz CT molecular complexity index is 690. The molecule has 2 aromatic rings. The Kier molecular flexibility index (Phi) is 3.57. The number of aryl methyl sites for hydroxylation is 1. The van der Waals surface area contributed by atoms with Crippen LogP contribution >= 0.6 is 0 Å². The molecular weight excluding hydrogens is 269 g/mol. The van der Waals surface area contributed by atoms with Crippen molar-refractivity contribution in [1.82, 2.24) is 4.98 Å². The van der Waals surface area contributed by atoms with Gasteiger partial charge < -0.3 is 10.3 Å². The first-order chi connectivity index (χ1) is 9.27. The predicted octanol–water partition coefficient (Wildman–Crippen LogP) is 3.75. The highest BCUT2D eigenvalue weighted by Gasteiger charge is 2.30. The minimum absolute atomic E-state index is 0.171. The highest BCUT2D eigenvalue weighted by atomic mass is 19.4. The molecule has 1 heterocycles. The van der Waals surface area contributed by atoms with E-state index in [0.29, 0.717) is 17.1 Å². The fourth-order valence-corrected chi connectivity index (χ4v) is 1.80. The number of H-pyrrole nitrogens is 1. The van der Waals surface area contributed by atoms with Gasteiger partial charge in [-0.25, -0.2) is 0 Å². The lowest BCUT2D eigenvalue weighted by molar-refractivity contribution is -0.137. The van der Waals surface area contributed by atoms with Crippen molar-refractivity contribution in [3.8, 4) is 0 Å². The quantitative estimate of drug-likeness (QED) is 0.881. The number of aromatic amines is 1. The first-order valence-corrected chi connectivity index (χ1v) is 5.92. The van der Waals surface area contributed by atoms with Gasteiger partial charge in [-0.3, -0.25) is 4.79 Å². The molecule has 0 spiro atoms. The molecule has 1 aromatic heterocycles. The van der Waals surface area contributed by atoms with Gasteiger partial charge in [0.25, 0.3) is 0 Å². The summed E-state index contributed by atoms with van der Waals surface area (Å²) in [4.78, 5) is 14.6. The number of aromatic nitrogens is 1. The summed E-state index contributed by atoms with van der Waals surface area (Å²) in [7, 11) is 0. The van der Waals surface area contributed by atoms with Crippen LogP contribution in [-0.2, 0) is 6.18 Å². The van der Waals surface area contributed by atoms with Gasteiger partial charge in [0.15, 0.2) is 5.43 Å². The van der Waals surface area contributed by atoms with Crippen molar-refractivity contribution in [2.45, 2.75) is 20.0 Å². The van der Waals surface area contributed by atoms with E-state index in [2.05, 4.69) is 10.3 Å². The van der Waals surface area contributed by atoms with Gasteiger partial charge in [0.1, 0.15) is 5.82 Å². The number of rotatable bonds is 2. The maximum Gasteiger partial charge on any atom is 0.416 e. The van der Waals surface area contributed by atoms with Crippen molar-refractivity contribution in [3.63, 3.8) is 0 Å². The van der Waals surface area contributed by atoms with E-state index in [-0.39, 0.29) is 11.1 Å². The molecule has 0 radical (unpaired) electrons. The average molecular weight is 282 g/mol. The summed E-state index contributed by atoms with van der Waals surface area (Å²) in [5.74, 6) is 0.398. The van der Waals surface area contributed by atoms with Gasteiger partial charge in [0, 0.05) is 23.0 Å². The van der Waals surface area contributed by atoms with Crippen LogP contribution in [0.5, 0.6) is 0 Å². The topological polar surface area (TPSA) is 44.9 Å². The van der Waals surface area contributed by atoms with Gasteiger partial charge in [-0.2, -0.15) is 13.2 Å². The number of hydrogen-bond acceptors (Lipinski definition) is 2. The summed E-state index contributed by atoms with van der Waals surface area (Å²) in [6, 6.07) is 6.26. The monoisotopic (exact) mass is 282 g/mol. The second-order valence-corrected chi connectivity index (χ2v) is 4.52. The molecule has 6 heteroatoms. The van der Waals surface area contributed by atoms with Crippen LogP contribution in [0, 0.1) is 13.8 Å². The molecule has 0 unspecified atom stereocenters. The standard InChI is InChI=1S/C14H13F3N2O/c1-8-6-12(20)9(2)13(18-8)19-11-5-3-4-10(7-11)14(15,16)17/h3-7H,1-2H3,(H2,18,19,20). The molecular formula is C14H13F3N2O. The SMILES string of the molecule is Cc1cc(=O)c(C)c(Nc2cccc(C(F)(F)F)c2)[nH]1. The zero-order valence-corrected chi connectivity index (χ0v) is 10.9. The van der Waals surface area contributed by atoms with Crippen molar-refractivity contribution in [3.05, 3.63) is 57.4 Å². The molecule has 0 aliphatic rings. The minimum atomic E-state index is -4.40. The van der Waals surface area contributed by atoms with Gasteiger partial charge in [0.05, 0.1) is 5.56 Å². The largest absolute Gasteiger partial charge is 0.416 e. The number of pyridine rings is 1. The van der Waals surface area contributed by atoms with Crippen molar-refractivity contribution in [2.24, 2.45) is 0 Å². The summed E-state index contributed by atoms with van der Waals surface area (Å²) in [5.41, 5.74) is 0.415. The van der Waals surface area contributed by atoms with Crippen molar-refractivity contribution >= 4 is 11.5 Å². The van der Waals surface area contributed by atoms with E-state index in [0.717, 1.165) is 12.1 Å². The van der Waals surface area contributed by atoms with Crippen LogP contribution in [-0.4, -0.2) is 4.98 Å². The van der Waals surface area contributed by atoms with Crippen LogP contribution in [0.15, 0.2) is 35.1 Å². The van der Waals surface area contributed by atoms with Gasteiger partial charge >= 0.3 is 6.18 Å². The summed E-state index contributed by atoms with van der Waals surface area (Å²) >= 11 is 0. The molecule has 20 heavy (non-hydrogen) atoms. The minimum Gasteiger partial charge on any atom is -0.345 e. The van der Waals surface area contributed by atoms with E-state index in [4.69, 9.17) is 0 Å². The second kappa shape index (κ2) is 5.03. The normalized spacial score (nSPS) is 11.4. The average Bonchev–Trinajstić information content (AvgIpc) is 2.35. The maximum absolute atomic E-state index is 12.6. The van der Waals surface area contributed by atoms with Crippen LogP contribution in [0.4, 0.5) is 24.7 Å². The molecule has 106 valence electrons. The number of anilines is 2. The molecule has 0 saturated heterocycles. The van der Waals surface area contributed by atoms with Crippen LogP contribution in [0.2, 0.25) is 0 Å². The zero-order chi connectivity index (χ0) is 14.9. The van der Waals surface area contributed by atoms with Gasteiger partial charge in [-0.05, 0) is 32.0 Å². The molecule has 0 saturated carbocycles. The Balaban J connectivity index is 2.38. The Morgan fingerprint density at radius 2 is 1.85 bits per heavy atom. The third kappa shape index (κ3) is 3.01. The Morgan fingerprint density at radius 1 is 1.15 bits per heavy atom. The molecule has 0 aliphatic carbocycles. The molecule has 0 atom stereocenters. The number of alkyl halides is 3. The Labute approximate surface area is 113 Å². The van der Waals surface area contributed by atoms with Crippen molar-refractivity contribution in [2.75, 3.05) is 5.32 Å². The van der Waals surface area contributed by atoms with Crippen molar-refractivity contribution < 1.29 is 13.2 Å². The van der Waals surface area contributed by atoms with E-state index in [1.165, 1.54) is 18.2 Å². The predicted molar refractivity (Wildman–Crippen MR) is 71.3 cm³/mol. The van der Waals surface area contributed by atoms with Crippen LogP contribution in [0.1, 0.15) is 16.8 Å². The fraction of sp³-hybridized carbons (Fsp3) is 0.214. The molecule has 0 aliphatic heterocycles. The summed E-state index contributed by atoms with van der Waals surface area (Å²) in [6.07, 6.45) is -4.40. The molecule has 3 nitrogen and oxygen atoms in total. The fourth-order valence-electron chi connectivity index (χ4n) is 1.80. The lowest BCUT2D eigenvalue weighted by Crippen LogP contribution is -2.11. The van der Waals surface area contributed by atoms with Gasteiger partial charge in [-0.1, -0.05) is 6.07 Å². The third-order valence-corrected chi connectivity index (χ3v) is 2.87. The molecule has 0 bridgehead atoms. The highest BCUT2D eigenvalue weighted by Crippen LogP contribution is 2.31. The van der Waals surface area contributed by atoms with Crippen LogP contribution < -0.4 is 10.7 Å². The highest BCUT2D eigenvalue weighted by molar-refractivity contribution is 5.60. The summed E-state index contributed by atoms with van der Waals surface area (Å²) in [5, 5.41) is 2.81. The van der Waals surface area contributed by atoms with Crippen LogP contribution in [0.3, 0.4) is 0 Å². The van der Waals surface area contributed by atoms with E-state index in [1.807, 2.05) is 0 Å². The number of hydrogen-bond donors (Lipinski definition) is 2. The zero-order valence-electron chi connectivity index (χ0n) is 10.9. The van der Waals surface area contributed by atoms with E-state index < -0.39 is 11.7 Å². The summed E-state index contributed by atoms with van der Waals surface area (Å²) in [6.45, 7) is 3.31. The molecule has 0 fully saturated rings. The van der Waals surface area contributed by atoms with E-state index in [1.54, 1.807) is 13.8 Å². The van der Waals surface area contributed by atoms with Gasteiger partial charge in [0.2, 0.25) is 0 Å². The molecule has 1 aromatic carbocycles. The Hall–Kier alpha value is -2.24. The number of nitrogens with one attached hydrogen (secondary N) is 2. The first kappa shape index (κ1) is 14.2. The third-order valence-electron chi connectivity index (χ3n) is 2.87. The molecule has 0 amide bonds. The van der Waals surface area contributed by atoms with Crippen molar-refractivity contribution in [1.29, 1.82) is 0 Å². The van der Waals surface area contributed by atoms with Crippen LogP contribution in [0.25, 0.3) is 0 Å². The first-order valence-electron chi connectivity index (χ1n) is 5.92. The molecule has 2 N–H and O–H groups in total. The Morgan fingerprint density at radius 3 is 2.50 bits per heavy atom. The van der Waals surface area contributed by atoms with E-state index in [9.17, 15) is 18.0 Å². The maximum atomic E-state index is 12.6. The van der Waals surface area contributed by atoms with E-state index >= 15 is 0 Å². The lowest BCUT2D eigenvalue weighted by atomic mass is 10.2. The smallest absolute Gasteiger partial charge is 0.345 e. The molecule has 2 rings (SSSR count). The van der Waals surface area contributed by atoms with Gasteiger partial charge in [-0.15, -0.1) is 0 Å². The second-order valence-electron chi connectivity index (χ2n) is 4.52. The summed E-state index contributed by atoms with van der Waals surface area (Å²) < 4.78 is 37.9. The number of halogens is 3. The number of benzene rings is 1.